The van der Waals surface area contributed by atoms with Crippen LogP contribution in [-0.4, -0.2) is 48.7 Å². The Morgan fingerprint density at radius 2 is 1.67 bits per heavy atom. The Balaban J connectivity index is 1.52. The number of nitrogens with one attached hydrogen (secondary N) is 1. The Hall–Kier alpha value is -2.80. The number of phenolic OH excluding ortho intramolecular Hbond substituents is 1. The lowest BCUT2D eigenvalue weighted by molar-refractivity contribution is -0.117. The summed E-state index contributed by atoms with van der Waals surface area (Å²) in [5.74, 6) is 1.08. The number of aromatic hydroxyl groups is 1. The minimum atomic E-state index is 0.0792. The highest BCUT2D eigenvalue weighted by Crippen LogP contribution is 2.43. The Kier molecular flexibility index (Phi) is 6.15. The van der Waals surface area contributed by atoms with E-state index in [1.54, 1.807) is 29.3 Å². The zero-order valence-electron chi connectivity index (χ0n) is 18.0. The lowest BCUT2D eigenvalue weighted by Crippen LogP contribution is -2.43. The molecule has 33 heavy (non-hydrogen) atoms. The summed E-state index contributed by atoms with van der Waals surface area (Å²) in [6.07, 6.45) is 3.13. The molecule has 0 spiro atoms. The number of pyridine rings is 1. The molecule has 170 valence electrons. The predicted octanol–water partition coefficient (Wildman–Crippen LogP) is 4.96. The molecule has 8 heteroatoms. The van der Waals surface area contributed by atoms with E-state index in [2.05, 4.69) is 15.2 Å². The molecule has 0 unspecified atom stereocenters. The largest absolute Gasteiger partial charge is 0.507 e. The number of carbonyl (C=O) groups is 1. The molecule has 0 saturated carbocycles. The number of phenols is 1. The van der Waals surface area contributed by atoms with Crippen molar-refractivity contribution >= 4 is 40.6 Å². The predicted molar refractivity (Wildman–Crippen MR) is 133 cm³/mol. The van der Waals surface area contributed by atoms with Crippen molar-refractivity contribution in [3.05, 3.63) is 58.7 Å². The van der Waals surface area contributed by atoms with Crippen LogP contribution in [0.25, 0.3) is 22.3 Å². The van der Waals surface area contributed by atoms with Crippen molar-refractivity contribution in [2.24, 2.45) is 0 Å². The first kappa shape index (κ1) is 22.0. The van der Waals surface area contributed by atoms with E-state index >= 15 is 0 Å². The van der Waals surface area contributed by atoms with Gasteiger partial charge in [-0.2, -0.15) is 0 Å². The summed E-state index contributed by atoms with van der Waals surface area (Å²) >= 11 is 13.0. The molecular weight excluding hydrogens is 459 g/mol. The second-order valence-corrected chi connectivity index (χ2v) is 9.15. The summed E-state index contributed by atoms with van der Waals surface area (Å²) in [6, 6.07) is 12.8. The molecule has 6 nitrogen and oxygen atoms in total. The molecule has 5 rings (SSSR count). The molecule has 0 aliphatic carbocycles. The molecule has 0 bridgehead atoms. The molecule has 0 atom stereocenters. The summed E-state index contributed by atoms with van der Waals surface area (Å²) in [7, 11) is 0. The van der Waals surface area contributed by atoms with Gasteiger partial charge in [0.1, 0.15) is 11.6 Å². The van der Waals surface area contributed by atoms with Crippen molar-refractivity contribution in [2.75, 3.05) is 42.5 Å². The van der Waals surface area contributed by atoms with Crippen molar-refractivity contribution in [1.82, 2.24) is 10.3 Å². The molecule has 2 aliphatic rings. The standard InChI is InChI=1S/C25H24Cl2N4O2/c26-18-14-19(16-3-4-22(21(27)12-16)31-9-1-2-24(31)32)25(33)20(15-18)17-5-6-29-23(13-17)30-10-7-28-8-11-30/h3-6,12-15,28,33H,1-2,7-11H2. The van der Waals surface area contributed by atoms with Crippen LogP contribution in [0.2, 0.25) is 10.0 Å². The Morgan fingerprint density at radius 3 is 2.33 bits per heavy atom. The van der Waals surface area contributed by atoms with Crippen LogP contribution in [0.5, 0.6) is 5.75 Å². The van der Waals surface area contributed by atoms with Crippen LogP contribution in [0, 0.1) is 0 Å². The number of rotatable bonds is 4. The number of benzene rings is 2. The maximum atomic E-state index is 12.1. The van der Waals surface area contributed by atoms with Crippen molar-refractivity contribution in [1.29, 1.82) is 0 Å². The van der Waals surface area contributed by atoms with Gasteiger partial charge in [-0.15, -0.1) is 0 Å². The smallest absolute Gasteiger partial charge is 0.227 e. The number of carbonyl (C=O) groups excluding carboxylic acids is 1. The molecule has 2 N–H and O–H groups in total. The minimum absolute atomic E-state index is 0.0792. The maximum Gasteiger partial charge on any atom is 0.227 e. The molecule has 1 amide bonds. The van der Waals surface area contributed by atoms with E-state index in [0.717, 1.165) is 49.5 Å². The zero-order chi connectivity index (χ0) is 22.9. The first-order valence-corrected chi connectivity index (χ1v) is 11.8. The number of hydrogen-bond donors (Lipinski definition) is 2. The SMILES string of the molecule is O=C1CCCN1c1ccc(-c2cc(Cl)cc(-c3ccnc(N4CCNCC4)c3)c2O)cc1Cl. The number of aromatic nitrogens is 1. The maximum absolute atomic E-state index is 12.1. The Labute approximate surface area is 202 Å². The Morgan fingerprint density at radius 1 is 0.939 bits per heavy atom. The van der Waals surface area contributed by atoms with E-state index in [9.17, 15) is 9.90 Å². The van der Waals surface area contributed by atoms with Gasteiger partial charge >= 0.3 is 0 Å². The molecule has 1 aromatic heterocycles. The molecule has 2 saturated heterocycles. The van der Waals surface area contributed by atoms with Crippen LogP contribution in [0.4, 0.5) is 11.5 Å². The van der Waals surface area contributed by atoms with Crippen LogP contribution in [0.3, 0.4) is 0 Å². The number of hydrogen-bond acceptors (Lipinski definition) is 5. The van der Waals surface area contributed by atoms with Gasteiger partial charge in [0.2, 0.25) is 5.91 Å². The van der Waals surface area contributed by atoms with E-state index in [0.29, 0.717) is 39.8 Å². The highest BCUT2D eigenvalue weighted by atomic mass is 35.5. The van der Waals surface area contributed by atoms with Gasteiger partial charge in [0.25, 0.3) is 0 Å². The van der Waals surface area contributed by atoms with E-state index in [1.165, 1.54) is 0 Å². The summed E-state index contributed by atoms with van der Waals surface area (Å²) in [4.78, 5) is 20.6. The van der Waals surface area contributed by atoms with Crippen molar-refractivity contribution in [2.45, 2.75) is 12.8 Å². The number of anilines is 2. The number of halogens is 2. The second-order valence-electron chi connectivity index (χ2n) is 8.30. The molecule has 3 aromatic rings. The van der Waals surface area contributed by atoms with Crippen LogP contribution < -0.4 is 15.1 Å². The number of piperazine rings is 1. The summed E-state index contributed by atoms with van der Waals surface area (Å²) in [5.41, 5.74) is 3.48. The van der Waals surface area contributed by atoms with Gasteiger partial charge in [-0.25, -0.2) is 4.98 Å². The van der Waals surface area contributed by atoms with Crippen molar-refractivity contribution in [3.63, 3.8) is 0 Å². The average Bonchev–Trinajstić information content (AvgIpc) is 3.26. The summed E-state index contributed by atoms with van der Waals surface area (Å²) in [5, 5.41) is 15.5. The minimum Gasteiger partial charge on any atom is -0.507 e. The van der Waals surface area contributed by atoms with Gasteiger partial charge in [-0.3, -0.25) is 4.79 Å². The molecule has 2 fully saturated rings. The number of amides is 1. The summed E-state index contributed by atoms with van der Waals surface area (Å²) < 4.78 is 0. The van der Waals surface area contributed by atoms with Crippen LogP contribution in [0.15, 0.2) is 48.7 Å². The van der Waals surface area contributed by atoms with E-state index in [1.807, 2.05) is 24.3 Å². The fraction of sp³-hybridized carbons (Fsp3) is 0.280. The lowest BCUT2D eigenvalue weighted by Gasteiger charge is -2.28. The number of nitrogens with zero attached hydrogens (tertiary/aromatic N) is 3. The topological polar surface area (TPSA) is 68.7 Å². The summed E-state index contributed by atoms with van der Waals surface area (Å²) in [6.45, 7) is 4.26. The normalized spacial score (nSPS) is 16.5. The second kappa shape index (κ2) is 9.21. The third-order valence-corrected chi connectivity index (χ3v) is 6.72. The first-order chi connectivity index (χ1) is 16.0. The molecule has 2 aliphatic heterocycles. The Bertz CT molecular complexity index is 1210. The molecule has 0 radical (unpaired) electrons. The van der Waals surface area contributed by atoms with Gasteiger partial charge in [0.05, 0.1) is 10.7 Å². The van der Waals surface area contributed by atoms with Crippen molar-refractivity contribution in [3.8, 4) is 28.0 Å². The first-order valence-electron chi connectivity index (χ1n) is 11.1. The van der Waals surface area contributed by atoms with E-state index in [4.69, 9.17) is 23.2 Å². The van der Waals surface area contributed by atoms with Gasteiger partial charge in [0, 0.05) is 61.5 Å². The fourth-order valence-corrected chi connectivity index (χ4v) is 4.99. The lowest BCUT2D eigenvalue weighted by atomic mass is 9.97. The van der Waals surface area contributed by atoms with E-state index in [-0.39, 0.29) is 11.7 Å². The van der Waals surface area contributed by atoms with Crippen LogP contribution in [-0.2, 0) is 4.79 Å². The third-order valence-electron chi connectivity index (χ3n) is 6.20. The highest BCUT2D eigenvalue weighted by molar-refractivity contribution is 6.34. The molecule has 3 heterocycles. The quantitative estimate of drug-likeness (QED) is 0.549. The van der Waals surface area contributed by atoms with Crippen LogP contribution in [0.1, 0.15) is 12.8 Å². The van der Waals surface area contributed by atoms with E-state index < -0.39 is 0 Å². The average molecular weight is 483 g/mol. The van der Waals surface area contributed by atoms with Gasteiger partial charge in [-0.1, -0.05) is 29.3 Å². The van der Waals surface area contributed by atoms with Crippen molar-refractivity contribution < 1.29 is 9.90 Å². The third kappa shape index (κ3) is 4.38. The van der Waals surface area contributed by atoms with Gasteiger partial charge in [-0.05, 0) is 53.9 Å². The molecule has 2 aromatic carbocycles. The van der Waals surface area contributed by atoms with Gasteiger partial charge < -0.3 is 20.2 Å². The fourth-order valence-electron chi connectivity index (χ4n) is 4.49. The zero-order valence-corrected chi connectivity index (χ0v) is 19.5. The monoisotopic (exact) mass is 482 g/mol. The molecular formula is C25H24Cl2N4O2. The highest BCUT2D eigenvalue weighted by Gasteiger charge is 2.24. The van der Waals surface area contributed by atoms with Gasteiger partial charge in [0.15, 0.2) is 0 Å². The van der Waals surface area contributed by atoms with Crippen LogP contribution >= 0.6 is 23.2 Å².